The van der Waals surface area contributed by atoms with Crippen molar-refractivity contribution in [2.75, 3.05) is 11.9 Å². The van der Waals surface area contributed by atoms with Crippen LogP contribution in [0.25, 0.3) is 0 Å². The molecule has 0 saturated heterocycles. The van der Waals surface area contributed by atoms with Crippen molar-refractivity contribution in [1.29, 1.82) is 0 Å². The van der Waals surface area contributed by atoms with Crippen LogP contribution in [-0.4, -0.2) is 23.1 Å². The summed E-state index contributed by atoms with van der Waals surface area (Å²) in [6.07, 6.45) is 1.65. The SMILES string of the molecule is CCOC(=O)c1ccc(NC(=O)c2cccn(Cc3ccc(Br)cc3)c2=O)cc1. The van der Waals surface area contributed by atoms with Crippen LogP contribution in [0, 0.1) is 0 Å². The van der Waals surface area contributed by atoms with Crippen molar-refractivity contribution >= 4 is 33.5 Å². The predicted octanol–water partition coefficient (Wildman–Crippen LogP) is 4.09. The van der Waals surface area contributed by atoms with Crippen molar-refractivity contribution < 1.29 is 14.3 Å². The van der Waals surface area contributed by atoms with Gasteiger partial charge < -0.3 is 14.6 Å². The minimum Gasteiger partial charge on any atom is -0.462 e. The van der Waals surface area contributed by atoms with Gasteiger partial charge in [0.1, 0.15) is 5.56 Å². The number of esters is 1. The van der Waals surface area contributed by atoms with E-state index in [9.17, 15) is 14.4 Å². The molecule has 7 heteroatoms. The molecule has 0 spiro atoms. The van der Waals surface area contributed by atoms with E-state index in [-0.39, 0.29) is 17.7 Å². The first-order valence-corrected chi connectivity index (χ1v) is 9.79. The number of amides is 1. The lowest BCUT2D eigenvalue weighted by molar-refractivity contribution is 0.0526. The maximum Gasteiger partial charge on any atom is 0.338 e. The van der Waals surface area contributed by atoms with Crippen molar-refractivity contribution in [2.24, 2.45) is 0 Å². The molecule has 0 fully saturated rings. The van der Waals surface area contributed by atoms with Crippen LogP contribution in [0.2, 0.25) is 0 Å². The molecule has 1 amide bonds. The van der Waals surface area contributed by atoms with Gasteiger partial charge >= 0.3 is 5.97 Å². The minimum absolute atomic E-state index is 0.0408. The van der Waals surface area contributed by atoms with Crippen LogP contribution in [0.5, 0.6) is 0 Å². The molecule has 1 heterocycles. The monoisotopic (exact) mass is 454 g/mol. The lowest BCUT2D eigenvalue weighted by Crippen LogP contribution is -2.29. The summed E-state index contributed by atoms with van der Waals surface area (Å²) in [4.78, 5) is 37.0. The maximum atomic E-state index is 12.7. The maximum absolute atomic E-state index is 12.7. The van der Waals surface area contributed by atoms with Crippen LogP contribution in [-0.2, 0) is 11.3 Å². The van der Waals surface area contributed by atoms with Crippen molar-refractivity contribution in [3.63, 3.8) is 0 Å². The number of rotatable bonds is 6. The summed E-state index contributed by atoms with van der Waals surface area (Å²) in [6, 6.07) is 17.1. The molecule has 3 rings (SSSR count). The molecule has 1 aromatic heterocycles. The Bertz CT molecular complexity index is 1070. The Labute approximate surface area is 176 Å². The molecule has 29 heavy (non-hydrogen) atoms. The Kier molecular flexibility index (Phi) is 6.61. The van der Waals surface area contributed by atoms with Gasteiger partial charge in [-0.3, -0.25) is 9.59 Å². The molecule has 0 aliphatic carbocycles. The fourth-order valence-corrected chi connectivity index (χ4v) is 2.99. The van der Waals surface area contributed by atoms with Gasteiger partial charge in [-0.1, -0.05) is 28.1 Å². The molecule has 0 unspecified atom stereocenters. The smallest absolute Gasteiger partial charge is 0.338 e. The molecule has 0 bridgehead atoms. The van der Waals surface area contributed by atoms with Gasteiger partial charge in [0.05, 0.1) is 18.7 Å². The highest BCUT2D eigenvalue weighted by Crippen LogP contribution is 2.13. The van der Waals surface area contributed by atoms with Gasteiger partial charge in [-0.05, 0) is 61.0 Å². The number of carbonyl (C=O) groups excluding carboxylic acids is 2. The van der Waals surface area contributed by atoms with Crippen molar-refractivity contribution in [3.05, 3.63) is 98.4 Å². The van der Waals surface area contributed by atoms with Crippen molar-refractivity contribution in [3.8, 4) is 0 Å². The first-order valence-electron chi connectivity index (χ1n) is 9.00. The van der Waals surface area contributed by atoms with E-state index >= 15 is 0 Å². The van der Waals surface area contributed by atoms with Gasteiger partial charge in [0, 0.05) is 16.4 Å². The van der Waals surface area contributed by atoms with E-state index in [1.165, 1.54) is 10.6 Å². The van der Waals surface area contributed by atoms with E-state index in [1.54, 1.807) is 43.5 Å². The zero-order valence-electron chi connectivity index (χ0n) is 15.7. The zero-order valence-corrected chi connectivity index (χ0v) is 17.3. The van der Waals surface area contributed by atoms with Gasteiger partial charge in [0.15, 0.2) is 0 Å². The molecule has 3 aromatic rings. The average Bonchev–Trinajstić information content (AvgIpc) is 2.72. The number of hydrogen-bond acceptors (Lipinski definition) is 4. The van der Waals surface area contributed by atoms with Crippen LogP contribution in [0.1, 0.15) is 33.2 Å². The second-order valence-corrected chi connectivity index (χ2v) is 7.15. The fraction of sp³-hybridized carbons (Fsp3) is 0.136. The first kappa shape index (κ1) is 20.5. The summed E-state index contributed by atoms with van der Waals surface area (Å²) in [7, 11) is 0. The molecular weight excluding hydrogens is 436 g/mol. The van der Waals surface area contributed by atoms with Gasteiger partial charge in [-0.15, -0.1) is 0 Å². The summed E-state index contributed by atoms with van der Waals surface area (Å²) in [5.74, 6) is -0.937. The van der Waals surface area contributed by atoms with Gasteiger partial charge in [-0.25, -0.2) is 4.79 Å². The van der Waals surface area contributed by atoms with E-state index in [4.69, 9.17) is 4.74 Å². The van der Waals surface area contributed by atoms with E-state index < -0.39 is 11.9 Å². The molecule has 2 aromatic carbocycles. The first-order chi connectivity index (χ1) is 14.0. The quantitative estimate of drug-likeness (QED) is 0.569. The van der Waals surface area contributed by atoms with Gasteiger partial charge in [0.2, 0.25) is 0 Å². The number of nitrogens with zero attached hydrogens (tertiary/aromatic N) is 1. The normalized spacial score (nSPS) is 10.4. The minimum atomic E-state index is -0.510. The van der Waals surface area contributed by atoms with Crippen LogP contribution in [0.3, 0.4) is 0 Å². The largest absolute Gasteiger partial charge is 0.462 e. The number of carbonyl (C=O) groups is 2. The Balaban J connectivity index is 1.75. The Morgan fingerprint density at radius 3 is 2.38 bits per heavy atom. The third-order valence-corrected chi connectivity index (χ3v) is 4.71. The van der Waals surface area contributed by atoms with Gasteiger partial charge in [0.25, 0.3) is 11.5 Å². The summed E-state index contributed by atoms with van der Waals surface area (Å²) in [6.45, 7) is 2.38. The highest BCUT2D eigenvalue weighted by molar-refractivity contribution is 9.10. The molecular formula is C22H19BrN2O4. The molecule has 6 nitrogen and oxygen atoms in total. The lowest BCUT2D eigenvalue weighted by Gasteiger charge is -2.09. The topological polar surface area (TPSA) is 77.4 Å². The van der Waals surface area contributed by atoms with E-state index in [1.807, 2.05) is 24.3 Å². The third kappa shape index (κ3) is 5.20. The summed E-state index contributed by atoms with van der Waals surface area (Å²) < 4.78 is 7.37. The third-order valence-electron chi connectivity index (χ3n) is 4.18. The zero-order chi connectivity index (χ0) is 20.8. The number of aromatic nitrogens is 1. The highest BCUT2D eigenvalue weighted by Gasteiger charge is 2.13. The number of ether oxygens (including phenoxy) is 1. The fourth-order valence-electron chi connectivity index (χ4n) is 2.72. The number of anilines is 1. The van der Waals surface area contributed by atoms with E-state index in [0.29, 0.717) is 17.8 Å². The summed E-state index contributed by atoms with van der Waals surface area (Å²) >= 11 is 3.38. The van der Waals surface area contributed by atoms with Crippen LogP contribution in [0.4, 0.5) is 5.69 Å². The molecule has 0 atom stereocenters. The van der Waals surface area contributed by atoms with E-state index in [0.717, 1.165) is 10.0 Å². The van der Waals surface area contributed by atoms with Crippen LogP contribution < -0.4 is 10.9 Å². The lowest BCUT2D eigenvalue weighted by atomic mass is 10.2. The second kappa shape index (κ2) is 9.34. The number of nitrogens with one attached hydrogen (secondary N) is 1. The molecule has 0 aliphatic heterocycles. The van der Waals surface area contributed by atoms with Crippen molar-refractivity contribution in [2.45, 2.75) is 13.5 Å². The van der Waals surface area contributed by atoms with Crippen LogP contribution in [0.15, 0.2) is 76.1 Å². The van der Waals surface area contributed by atoms with Crippen molar-refractivity contribution in [1.82, 2.24) is 4.57 Å². The van der Waals surface area contributed by atoms with E-state index in [2.05, 4.69) is 21.2 Å². The summed E-state index contributed by atoms with van der Waals surface area (Å²) in [5, 5.41) is 2.69. The van der Waals surface area contributed by atoms with Crippen LogP contribution >= 0.6 is 15.9 Å². The molecule has 148 valence electrons. The average molecular weight is 455 g/mol. The molecule has 0 aliphatic rings. The summed E-state index contributed by atoms with van der Waals surface area (Å²) in [5.41, 5.74) is 1.48. The number of pyridine rings is 1. The second-order valence-electron chi connectivity index (χ2n) is 6.23. The molecule has 1 N–H and O–H groups in total. The number of halogens is 1. The number of benzene rings is 2. The standard InChI is InChI=1S/C22H19BrN2O4/c1-2-29-22(28)16-7-11-18(12-8-16)24-20(26)19-4-3-13-25(21(19)27)14-15-5-9-17(23)10-6-15/h3-13H,2,14H2,1H3,(H,24,26). The highest BCUT2D eigenvalue weighted by atomic mass is 79.9. The molecule has 0 saturated carbocycles. The Hall–Kier alpha value is -3.19. The van der Waals surface area contributed by atoms with Gasteiger partial charge in [-0.2, -0.15) is 0 Å². The number of hydrogen-bond donors (Lipinski definition) is 1. The molecule has 0 radical (unpaired) electrons. The Morgan fingerprint density at radius 1 is 1.03 bits per heavy atom. The predicted molar refractivity (Wildman–Crippen MR) is 114 cm³/mol. The Morgan fingerprint density at radius 2 is 1.72 bits per heavy atom.